The van der Waals surface area contributed by atoms with Gasteiger partial charge in [0.25, 0.3) is 0 Å². The van der Waals surface area contributed by atoms with E-state index in [9.17, 15) is 4.79 Å². The molecule has 5 nitrogen and oxygen atoms in total. The van der Waals surface area contributed by atoms with Crippen LogP contribution in [0.15, 0.2) is 36.5 Å². The Bertz CT molecular complexity index is 748. The smallest absolute Gasteiger partial charge is 0.306 e. The number of carboxylic acid groups (broad SMARTS) is 1. The molecule has 25 heavy (non-hydrogen) atoms. The molecule has 0 spiro atoms. The molecule has 0 radical (unpaired) electrons. The average molecular weight is 339 g/mol. The van der Waals surface area contributed by atoms with Crippen molar-refractivity contribution in [2.75, 3.05) is 13.1 Å². The van der Waals surface area contributed by atoms with Crippen LogP contribution in [-0.2, 0) is 18.4 Å². The molecule has 1 saturated heterocycles. The number of aromatic nitrogens is 2. The summed E-state index contributed by atoms with van der Waals surface area (Å²) in [5.74, 6) is 0.354. The lowest BCUT2D eigenvalue weighted by Gasteiger charge is -2.32. The van der Waals surface area contributed by atoms with E-state index >= 15 is 0 Å². The zero-order valence-corrected chi connectivity index (χ0v) is 14.6. The van der Waals surface area contributed by atoms with Crippen molar-refractivity contribution in [3.05, 3.63) is 42.1 Å². The third-order valence-electron chi connectivity index (χ3n) is 5.74. The Labute approximate surface area is 148 Å². The van der Waals surface area contributed by atoms with E-state index in [1.807, 2.05) is 29.9 Å². The summed E-state index contributed by atoms with van der Waals surface area (Å²) in [6, 6.07) is 10.3. The maximum Gasteiger partial charge on any atom is 0.306 e. The van der Waals surface area contributed by atoms with Gasteiger partial charge in [0.15, 0.2) is 0 Å². The maximum atomic E-state index is 11.1. The first kappa shape index (κ1) is 16.3. The first-order valence-electron chi connectivity index (χ1n) is 9.15. The number of aliphatic carboxylic acids is 1. The fraction of sp³-hybridized carbons (Fsp3) is 0.500. The number of hydrogen-bond acceptors (Lipinski definition) is 3. The molecule has 2 fully saturated rings. The monoisotopic (exact) mass is 339 g/mol. The number of hydrogen-bond donors (Lipinski definition) is 1. The number of piperidine rings is 1. The molecule has 1 aromatic heterocycles. The summed E-state index contributed by atoms with van der Waals surface area (Å²) < 4.78 is 1.89. The Morgan fingerprint density at radius 3 is 2.60 bits per heavy atom. The molecule has 4 rings (SSSR count). The van der Waals surface area contributed by atoms with Crippen LogP contribution in [0.5, 0.6) is 0 Å². The summed E-state index contributed by atoms with van der Waals surface area (Å²) in [6.45, 7) is 3.02. The molecule has 1 aromatic carbocycles. The van der Waals surface area contributed by atoms with Crippen LogP contribution in [0.1, 0.15) is 24.8 Å². The van der Waals surface area contributed by atoms with Gasteiger partial charge in [-0.15, -0.1) is 0 Å². The van der Waals surface area contributed by atoms with Crippen molar-refractivity contribution in [1.29, 1.82) is 0 Å². The molecule has 2 aliphatic rings. The van der Waals surface area contributed by atoms with Gasteiger partial charge in [-0.05, 0) is 44.2 Å². The molecule has 1 aliphatic carbocycles. The summed E-state index contributed by atoms with van der Waals surface area (Å²) >= 11 is 0. The highest BCUT2D eigenvalue weighted by Gasteiger charge is 2.48. The molecule has 0 unspecified atom stereocenters. The Balaban J connectivity index is 1.39. The maximum absolute atomic E-state index is 11.1. The van der Waals surface area contributed by atoms with E-state index in [1.165, 1.54) is 5.56 Å². The minimum atomic E-state index is -0.602. The molecule has 1 N–H and O–H groups in total. The summed E-state index contributed by atoms with van der Waals surface area (Å²) in [6.07, 6.45) is 5.25. The minimum absolute atomic E-state index is 0.0699. The molecule has 0 bridgehead atoms. The van der Waals surface area contributed by atoms with Gasteiger partial charge in [-0.3, -0.25) is 14.4 Å². The van der Waals surface area contributed by atoms with Crippen LogP contribution in [0.3, 0.4) is 0 Å². The van der Waals surface area contributed by atoms with Crippen LogP contribution < -0.4 is 0 Å². The lowest BCUT2D eigenvalue weighted by molar-refractivity contribution is -0.139. The molecule has 1 saturated carbocycles. The van der Waals surface area contributed by atoms with E-state index in [1.54, 1.807) is 0 Å². The highest BCUT2D eigenvalue weighted by Crippen LogP contribution is 2.48. The fourth-order valence-electron chi connectivity index (χ4n) is 4.29. The summed E-state index contributed by atoms with van der Waals surface area (Å²) in [5, 5.41) is 13.8. The standard InChI is InChI=1S/C20H25N3O2/c1-22-12-16(19(21-22)15-5-3-2-4-6-15)13-23-9-7-14(8-10-23)17-11-18(17)20(24)25/h2-6,12,14,17-18H,7-11,13H2,1H3,(H,24,25)/t17-,18+/m0/s1. The summed E-state index contributed by atoms with van der Waals surface area (Å²) in [5.41, 5.74) is 3.50. The molecule has 2 heterocycles. The van der Waals surface area contributed by atoms with E-state index in [4.69, 9.17) is 5.11 Å². The van der Waals surface area contributed by atoms with E-state index in [2.05, 4.69) is 28.3 Å². The molecular weight excluding hydrogens is 314 g/mol. The van der Waals surface area contributed by atoms with Crippen LogP contribution in [0.4, 0.5) is 0 Å². The SMILES string of the molecule is Cn1cc(CN2CCC([C@@H]3C[C@H]3C(=O)O)CC2)c(-c2ccccc2)n1. The van der Waals surface area contributed by atoms with E-state index in [0.717, 1.165) is 50.2 Å². The van der Waals surface area contributed by atoms with Gasteiger partial charge in [-0.2, -0.15) is 5.10 Å². The van der Waals surface area contributed by atoms with Crippen molar-refractivity contribution in [2.45, 2.75) is 25.8 Å². The lowest BCUT2D eigenvalue weighted by atomic mass is 9.90. The Kier molecular flexibility index (Phi) is 4.34. The molecule has 2 atom stereocenters. The average Bonchev–Trinajstić information content (AvgIpc) is 3.34. The molecular formula is C20H25N3O2. The molecule has 132 valence electrons. The van der Waals surface area contributed by atoms with Crippen molar-refractivity contribution in [3.63, 3.8) is 0 Å². The quantitative estimate of drug-likeness (QED) is 0.910. The fourth-order valence-corrected chi connectivity index (χ4v) is 4.29. The second-order valence-corrected chi connectivity index (χ2v) is 7.50. The topological polar surface area (TPSA) is 58.4 Å². The van der Waals surface area contributed by atoms with Gasteiger partial charge in [0.05, 0.1) is 11.6 Å². The third-order valence-corrected chi connectivity index (χ3v) is 5.74. The molecule has 2 aromatic rings. The van der Waals surface area contributed by atoms with Crippen LogP contribution >= 0.6 is 0 Å². The van der Waals surface area contributed by atoms with Gasteiger partial charge in [-0.25, -0.2) is 0 Å². The van der Waals surface area contributed by atoms with Gasteiger partial charge in [0.2, 0.25) is 0 Å². The van der Waals surface area contributed by atoms with Crippen molar-refractivity contribution in [2.24, 2.45) is 24.8 Å². The van der Waals surface area contributed by atoms with Crippen molar-refractivity contribution in [3.8, 4) is 11.3 Å². The Hall–Kier alpha value is -2.14. The van der Waals surface area contributed by atoms with E-state index in [-0.39, 0.29) is 5.92 Å². The predicted molar refractivity (Wildman–Crippen MR) is 95.9 cm³/mol. The van der Waals surface area contributed by atoms with Gasteiger partial charge in [0.1, 0.15) is 0 Å². The first-order valence-corrected chi connectivity index (χ1v) is 9.15. The second kappa shape index (κ2) is 6.64. The van der Waals surface area contributed by atoms with Gasteiger partial charge in [-0.1, -0.05) is 30.3 Å². The highest BCUT2D eigenvalue weighted by atomic mass is 16.4. The van der Waals surface area contributed by atoms with Crippen molar-refractivity contribution >= 4 is 5.97 Å². The minimum Gasteiger partial charge on any atom is -0.481 e. The van der Waals surface area contributed by atoms with Crippen LogP contribution in [0.2, 0.25) is 0 Å². The van der Waals surface area contributed by atoms with Crippen molar-refractivity contribution in [1.82, 2.24) is 14.7 Å². The number of carboxylic acids is 1. The lowest BCUT2D eigenvalue weighted by Crippen LogP contribution is -2.34. The molecule has 5 heteroatoms. The Morgan fingerprint density at radius 1 is 1.24 bits per heavy atom. The number of benzene rings is 1. The summed E-state index contributed by atoms with van der Waals surface area (Å²) in [7, 11) is 1.97. The van der Waals surface area contributed by atoms with Gasteiger partial charge >= 0.3 is 5.97 Å². The second-order valence-electron chi connectivity index (χ2n) is 7.50. The third kappa shape index (κ3) is 3.47. The van der Waals surface area contributed by atoms with Crippen molar-refractivity contribution < 1.29 is 9.90 Å². The largest absolute Gasteiger partial charge is 0.481 e. The van der Waals surface area contributed by atoms with E-state index in [0.29, 0.717) is 11.8 Å². The molecule has 1 aliphatic heterocycles. The predicted octanol–water partition coefficient (Wildman–Crippen LogP) is 3.02. The zero-order chi connectivity index (χ0) is 17.4. The number of nitrogens with zero attached hydrogens (tertiary/aromatic N) is 3. The normalized spacial score (nSPS) is 24.4. The number of aryl methyl sites for hydroxylation is 1. The Morgan fingerprint density at radius 2 is 1.96 bits per heavy atom. The number of likely N-dealkylation sites (tertiary alicyclic amines) is 1. The first-order chi connectivity index (χ1) is 12.1. The van der Waals surface area contributed by atoms with Gasteiger partial charge in [0, 0.05) is 30.9 Å². The molecule has 0 amide bonds. The summed E-state index contributed by atoms with van der Waals surface area (Å²) in [4.78, 5) is 13.6. The number of rotatable bonds is 5. The van der Waals surface area contributed by atoms with E-state index < -0.39 is 5.97 Å². The number of carbonyl (C=O) groups is 1. The van der Waals surface area contributed by atoms with Crippen LogP contribution in [0.25, 0.3) is 11.3 Å². The zero-order valence-electron chi connectivity index (χ0n) is 14.6. The van der Waals surface area contributed by atoms with Crippen LogP contribution in [0, 0.1) is 17.8 Å². The van der Waals surface area contributed by atoms with Gasteiger partial charge < -0.3 is 5.11 Å². The van der Waals surface area contributed by atoms with Crippen LogP contribution in [-0.4, -0.2) is 38.8 Å². The highest BCUT2D eigenvalue weighted by molar-refractivity contribution is 5.73.